The number of hydrogen-bond donors (Lipinski definition) is 1. The number of carbonyl (C=O) groups is 1. The molecule has 6 heteroatoms. The van der Waals surface area contributed by atoms with Crippen LogP contribution in [0.2, 0.25) is 5.02 Å². The molecule has 1 aliphatic rings. The van der Waals surface area contributed by atoms with Crippen LogP contribution in [0, 0.1) is 0 Å². The van der Waals surface area contributed by atoms with Gasteiger partial charge in [-0.2, -0.15) is 0 Å². The van der Waals surface area contributed by atoms with Crippen LogP contribution in [0.3, 0.4) is 0 Å². The van der Waals surface area contributed by atoms with Gasteiger partial charge < -0.3 is 10.1 Å². The number of benzene rings is 1. The van der Waals surface area contributed by atoms with Gasteiger partial charge in [-0.05, 0) is 23.8 Å². The highest BCUT2D eigenvalue weighted by Gasteiger charge is 2.25. The molecule has 1 aromatic rings. The van der Waals surface area contributed by atoms with Gasteiger partial charge in [0.25, 0.3) is 0 Å². The minimum atomic E-state index is -0.387. The fourth-order valence-corrected chi connectivity index (χ4v) is 2.04. The lowest BCUT2D eigenvalue weighted by molar-refractivity contribution is 0.177. The normalized spacial score (nSPS) is 19.1. The first-order chi connectivity index (χ1) is 6.66. The zero-order valence-electron chi connectivity index (χ0n) is 7.50. The van der Waals surface area contributed by atoms with E-state index in [0.717, 1.165) is 10.0 Å². The van der Waals surface area contributed by atoms with Gasteiger partial charge in [-0.25, -0.2) is 4.79 Å². The van der Waals surface area contributed by atoms with Crippen molar-refractivity contribution in [2.45, 2.75) is 6.04 Å². The molecule has 0 aromatic heterocycles. The summed E-state index contributed by atoms with van der Waals surface area (Å²) in [5.41, 5.74) is 0.934. The monoisotopic (exact) mass is 311 g/mol. The number of amides is 1. The Balaban J connectivity index is 0.00000112. The molecule has 1 saturated heterocycles. The second kappa shape index (κ2) is 5.05. The summed E-state index contributed by atoms with van der Waals surface area (Å²) in [6.07, 6.45) is -0.387. The van der Waals surface area contributed by atoms with Gasteiger partial charge in [0.1, 0.15) is 6.61 Å². The molecule has 1 aromatic carbocycles. The number of carbonyl (C=O) groups excluding carboxylic acids is 1. The summed E-state index contributed by atoms with van der Waals surface area (Å²) in [7, 11) is 0. The first-order valence-corrected chi connectivity index (χ1v) is 5.22. The molecule has 0 spiro atoms. The Labute approximate surface area is 107 Å². The van der Waals surface area contributed by atoms with E-state index in [2.05, 4.69) is 21.2 Å². The molecule has 3 nitrogen and oxygen atoms in total. The third-order valence-electron chi connectivity index (χ3n) is 2.01. The van der Waals surface area contributed by atoms with E-state index in [4.69, 9.17) is 16.3 Å². The van der Waals surface area contributed by atoms with E-state index in [1.807, 2.05) is 12.1 Å². The van der Waals surface area contributed by atoms with Crippen LogP contribution in [-0.2, 0) is 4.74 Å². The van der Waals surface area contributed by atoms with Crippen molar-refractivity contribution in [3.05, 3.63) is 33.3 Å². The summed E-state index contributed by atoms with van der Waals surface area (Å²) in [5, 5.41) is 3.33. The molecule has 1 atom stereocenters. The van der Waals surface area contributed by atoms with Crippen molar-refractivity contribution in [2.24, 2.45) is 0 Å². The Morgan fingerprint density at radius 3 is 2.87 bits per heavy atom. The molecule has 0 unspecified atom stereocenters. The molecule has 1 N–H and O–H groups in total. The fourth-order valence-electron chi connectivity index (χ4n) is 1.33. The Morgan fingerprint density at radius 2 is 2.27 bits per heavy atom. The number of halogens is 3. The van der Waals surface area contributed by atoms with E-state index >= 15 is 0 Å². The van der Waals surface area contributed by atoms with Gasteiger partial charge in [-0.15, -0.1) is 12.4 Å². The molecule has 1 heterocycles. The third kappa shape index (κ3) is 2.77. The Morgan fingerprint density at radius 1 is 1.53 bits per heavy atom. The van der Waals surface area contributed by atoms with E-state index in [1.54, 1.807) is 6.07 Å². The van der Waals surface area contributed by atoms with Gasteiger partial charge in [0, 0.05) is 9.50 Å². The summed E-state index contributed by atoms with van der Waals surface area (Å²) in [4.78, 5) is 10.8. The Hall–Kier alpha value is -0.450. The largest absolute Gasteiger partial charge is 0.447 e. The quantitative estimate of drug-likeness (QED) is 0.864. The second-order valence-corrected chi connectivity index (χ2v) is 4.25. The maximum absolute atomic E-state index is 10.8. The van der Waals surface area contributed by atoms with Crippen molar-refractivity contribution in [3.8, 4) is 0 Å². The first-order valence-electron chi connectivity index (χ1n) is 4.05. The van der Waals surface area contributed by atoms with Crippen molar-refractivity contribution in [1.29, 1.82) is 0 Å². The van der Waals surface area contributed by atoms with Crippen LogP contribution in [0.5, 0.6) is 0 Å². The molecule has 1 fully saturated rings. The number of cyclic esters (lactones) is 1. The highest BCUT2D eigenvalue weighted by Crippen LogP contribution is 2.28. The summed E-state index contributed by atoms with van der Waals surface area (Å²) >= 11 is 9.25. The molecule has 15 heavy (non-hydrogen) atoms. The predicted molar refractivity (Wildman–Crippen MR) is 63.6 cm³/mol. The van der Waals surface area contributed by atoms with Crippen molar-refractivity contribution in [1.82, 2.24) is 5.32 Å². The molecular weight excluding hydrogens is 305 g/mol. The predicted octanol–water partition coefficient (Wildman–Crippen LogP) is 3.31. The zero-order valence-corrected chi connectivity index (χ0v) is 10.7. The van der Waals surface area contributed by atoms with Gasteiger partial charge in [-0.3, -0.25) is 0 Å². The molecule has 0 radical (unpaired) electrons. The van der Waals surface area contributed by atoms with Crippen LogP contribution in [0.1, 0.15) is 11.6 Å². The minimum absolute atomic E-state index is 0. The number of alkyl carbamates (subject to hydrolysis) is 1. The van der Waals surface area contributed by atoms with Crippen molar-refractivity contribution < 1.29 is 9.53 Å². The number of nitrogens with one attached hydrogen (secondary N) is 1. The average molecular weight is 313 g/mol. The topological polar surface area (TPSA) is 38.3 Å². The van der Waals surface area contributed by atoms with Crippen LogP contribution >= 0.6 is 39.9 Å². The Kier molecular flexibility index (Phi) is 4.25. The summed E-state index contributed by atoms with van der Waals surface area (Å²) in [5.74, 6) is 0. The highest BCUT2D eigenvalue weighted by molar-refractivity contribution is 9.10. The minimum Gasteiger partial charge on any atom is -0.447 e. The van der Waals surface area contributed by atoms with Crippen molar-refractivity contribution >= 4 is 46.0 Å². The van der Waals surface area contributed by atoms with Gasteiger partial charge in [0.15, 0.2) is 0 Å². The summed E-state index contributed by atoms with van der Waals surface area (Å²) < 4.78 is 5.72. The van der Waals surface area contributed by atoms with Crippen LogP contribution < -0.4 is 5.32 Å². The average Bonchev–Trinajstić information content (AvgIpc) is 2.56. The standard InChI is InChI=1S/C9H7BrClNO2.ClH/c10-7-2-1-5(11)3-6(7)8-4-14-9(13)12-8;/h1-3,8H,4H2,(H,12,13);1H/t8-;/m1./s1. The second-order valence-electron chi connectivity index (χ2n) is 2.96. The maximum Gasteiger partial charge on any atom is 0.407 e. The zero-order chi connectivity index (χ0) is 10.1. The van der Waals surface area contributed by atoms with Crippen LogP contribution in [0.25, 0.3) is 0 Å². The van der Waals surface area contributed by atoms with Crippen LogP contribution in [0.4, 0.5) is 4.79 Å². The van der Waals surface area contributed by atoms with Crippen LogP contribution in [0.15, 0.2) is 22.7 Å². The maximum atomic E-state index is 10.8. The molecule has 1 amide bonds. The molecular formula is C9H8BrCl2NO2. The van der Waals surface area contributed by atoms with Gasteiger partial charge in [-0.1, -0.05) is 27.5 Å². The van der Waals surface area contributed by atoms with E-state index in [0.29, 0.717) is 11.6 Å². The Bertz CT molecular complexity index is 386. The van der Waals surface area contributed by atoms with Crippen molar-refractivity contribution in [3.63, 3.8) is 0 Å². The SMILES string of the molecule is Cl.O=C1N[C@@H](c2cc(Cl)ccc2Br)CO1. The molecule has 82 valence electrons. The van der Waals surface area contributed by atoms with E-state index in [-0.39, 0.29) is 24.5 Å². The van der Waals surface area contributed by atoms with Gasteiger partial charge >= 0.3 is 6.09 Å². The van der Waals surface area contributed by atoms with E-state index in [9.17, 15) is 4.79 Å². The molecule has 0 saturated carbocycles. The van der Waals surface area contributed by atoms with E-state index < -0.39 is 0 Å². The van der Waals surface area contributed by atoms with Crippen molar-refractivity contribution in [2.75, 3.05) is 6.61 Å². The lowest BCUT2D eigenvalue weighted by Gasteiger charge is -2.10. The van der Waals surface area contributed by atoms with E-state index in [1.165, 1.54) is 0 Å². The fraction of sp³-hybridized carbons (Fsp3) is 0.222. The first kappa shape index (κ1) is 12.6. The lowest BCUT2D eigenvalue weighted by atomic mass is 10.1. The van der Waals surface area contributed by atoms with Gasteiger partial charge in [0.2, 0.25) is 0 Å². The van der Waals surface area contributed by atoms with Crippen LogP contribution in [-0.4, -0.2) is 12.7 Å². The summed E-state index contributed by atoms with van der Waals surface area (Å²) in [6.45, 7) is 0.345. The molecule has 0 bridgehead atoms. The number of ether oxygens (including phenoxy) is 1. The lowest BCUT2D eigenvalue weighted by Crippen LogP contribution is -2.18. The smallest absolute Gasteiger partial charge is 0.407 e. The molecule has 2 rings (SSSR count). The molecule has 1 aliphatic heterocycles. The van der Waals surface area contributed by atoms with Gasteiger partial charge in [0.05, 0.1) is 6.04 Å². The number of hydrogen-bond acceptors (Lipinski definition) is 2. The highest BCUT2D eigenvalue weighted by atomic mass is 79.9. The summed E-state index contributed by atoms with van der Waals surface area (Å²) in [6, 6.07) is 5.33. The third-order valence-corrected chi connectivity index (χ3v) is 2.96. The molecule has 0 aliphatic carbocycles. The number of rotatable bonds is 1.